The Bertz CT molecular complexity index is 564. The molecular weight excluding hydrogens is 220 g/mol. The summed E-state index contributed by atoms with van der Waals surface area (Å²) in [5, 5.41) is 1.20. The smallest absolute Gasteiger partial charge is 0.0705 e. The fourth-order valence-electron chi connectivity index (χ4n) is 3.16. The number of benzene rings is 1. The summed E-state index contributed by atoms with van der Waals surface area (Å²) in [4.78, 5) is 4.73. The molecule has 0 radical (unpaired) electrons. The fraction of sp³-hybridized carbons (Fsp3) is 0.438. The van der Waals surface area contributed by atoms with E-state index in [9.17, 15) is 0 Å². The van der Waals surface area contributed by atoms with Gasteiger partial charge in [0.25, 0.3) is 0 Å². The summed E-state index contributed by atoms with van der Waals surface area (Å²) in [6.45, 7) is 2.29. The van der Waals surface area contributed by atoms with Crippen LogP contribution in [0.1, 0.15) is 31.9 Å². The highest BCUT2D eigenvalue weighted by Gasteiger charge is 2.33. The minimum Gasteiger partial charge on any atom is -0.325 e. The standard InChI is InChI=1S/C16H20N2/c1-12-8-9-16(17,10-12)11-14-7-6-13-4-2-3-5-15(13)18-14/h2-7,12H,8-11,17H2,1H3. The highest BCUT2D eigenvalue weighted by molar-refractivity contribution is 5.78. The van der Waals surface area contributed by atoms with Crippen LogP contribution in [0.2, 0.25) is 0 Å². The van der Waals surface area contributed by atoms with Crippen LogP contribution in [0, 0.1) is 5.92 Å². The molecule has 1 saturated carbocycles. The molecule has 3 rings (SSSR count). The molecule has 2 N–H and O–H groups in total. The van der Waals surface area contributed by atoms with Crippen molar-refractivity contribution >= 4 is 10.9 Å². The van der Waals surface area contributed by atoms with E-state index >= 15 is 0 Å². The highest BCUT2D eigenvalue weighted by Crippen LogP contribution is 2.34. The van der Waals surface area contributed by atoms with Crippen LogP contribution in [-0.4, -0.2) is 10.5 Å². The van der Waals surface area contributed by atoms with Gasteiger partial charge in [-0.15, -0.1) is 0 Å². The lowest BCUT2D eigenvalue weighted by Crippen LogP contribution is -2.39. The van der Waals surface area contributed by atoms with Crippen LogP contribution in [0.3, 0.4) is 0 Å². The second kappa shape index (κ2) is 4.36. The average Bonchev–Trinajstić information content (AvgIpc) is 2.69. The topological polar surface area (TPSA) is 38.9 Å². The number of fused-ring (bicyclic) bond motifs is 1. The second-order valence-corrected chi connectivity index (χ2v) is 5.88. The molecule has 1 heterocycles. The molecule has 94 valence electrons. The van der Waals surface area contributed by atoms with Gasteiger partial charge in [-0.2, -0.15) is 0 Å². The van der Waals surface area contributed by atoms with Crippen molar-refractivity contribution in [2.24, 2.45) is 11.7 Å². The van der Waals surface area contributed by atoms with E-state index in [4.69, 9.17) is 10.7 Å². The molecule has 1 aromatic carbocycles. The van der Waals surface area contributed by atoms with Crippen LogP contribution < -0.4 is 5.73 Å². The van der Waals surface area contributed by atoms with E-state index < -0.39 is 0 Å². The molecule has 2 heteroatoms. The molecule has 0 aliphatic heterocycles. The molecule has 1 fully saturated rings. The Morgan fingerprint density at radius 2 is 2.11 bits per heavy atom. The van der Waals surface area contributed by atoms with Gasteiger partial charge in [0.15, 0.2) is 0 Å². The predicted molar refractivity (Wildman–Crippen MR) is 75.4 cm³/mol. The molecule has 2 aromatic rings. The Morgan fingerprint density at radius 3 is 2.89 bits per heavy atom. The van der Waals surface area contributed by atoms with Crippen molar-refractivity contribution in [1.29, 1.82) is 0 Å². The molecule has 0 bridgehead atoms. The van der Waals surface area contributed by atoms with Crippen molar-refractivity contribution in [3.63, 3.8) is 0 Å². The first kappa shape index (κ1) is 11.7. The number of rotatable bonds is 2. The summed E-state index contributed by atoms with van der Waals surface area (Å²) in [6.07, 6.45) is 4.41. The summed E-state index contributed by atoms with van der Waals surface area (Å²) < 4.78 is 0. The number of nitrogens with zero attached hydrogens (tertiary/aromatic N) is 1. The number of pyridine rings is 1. The largest absolute Gasteiger partial charge is 0.325 e. The van der Waals surface area contributed by atoms with Crippen molar-refractivity contribution in [3.05, 3.63) is 42.1 Å². The van der Waals surface area contributed by atoms with Crippen LogP contribution >= 0.6 is 0 Å². The van der Waals surface area contributed by atoms with Gasteiger partial charge < -0.3 is 5.73 Å². The molecule has 0 spiro atoms. The van der Waals surface area contributed by atoms with Gasteiger partial charge in [-0.1, -0.05) is 31.2 Å². The number of para-hydroxylation sites is 1. The minimum atomic E-state index is -0.0329. The molecular formula is C16H20N2. The van der Waals surface area contributed by atoms with Crippen molar-refractivity contribution in [2.45, 2.75) is 38.1 Å². The van der Waals surface area contributed by atoms with Crippen molar-refractivity contribution in [1.82, 2.24) is 4.98 Å². The number of aromatic nitrogens is 1. The third kappa shape index (κ3) is 2.25. The molecule has 1 aromatic heterocycles. The predicted octanol–water partition coefficient (Wildman–Crippen LogP) is 3.29. The van der Waals surface area contributed by atoms with Crippen LogP contribution in [-0.2, 0) is 6.42 Å². The number of hydrogen-bond donors (Lipinski definition) is 1. The van der Waals surface area contributed by atoms with Crippen molar-refractivity contribution in [2.75, 3.05) is 0 Å². The maximum atomic E-state index is 6.49. The van der Waals surface area contributed by atoms with Gasteiger partial charge in [0.1, 0.15) is 0 Å². The summed E-state index contributed by atoms with van der Waals surface area (Å²) in [5.41, 5.74) is 8.66. The van der Waals surface area contributed by atoms with E-state index in [1.54, 1.807) is 0 Å². The van der Waals surface area contributed by atoms with Gasteiger partial charge in [-0.3, -0.25) is 4.98 Å². The summed E-state index contributed by atoms with van der Waals surface area (Å²) in [5.74, 6) is 0.760. The van der Waals surface area contributed by atoms with Gasteiger partial charge in [-0.05, 0) is 37.3 Å². The zero-order valence-electron chi connectivity index (χ0n) is 10.9. The van der Waals surface area contributed by atoms with Gasteiger partial charge in [-0.25, -0.2) is 0 Å². The van der Waals surface area contributed by atoms with E-state index in [0.29, 0.717) is 0 Å². The zero-order valence-corrected chi connectivity index (χ0v) is 10.9. The van der Waals surface area contributed by atoms with Crippen molar-refractivity contribution < 1.29 is 0 Å². The lowest BCUT2D eigenvalue weighted by molar-refractivity contribution is 0.415. The molecule has 1 aliphatic rings. The summed E-state index contributed by atoms with van der Waals surface area (Å²) in [7, 11) is 0. The van der Waals surface area contributed by atoms with Crippen LogP contribution in [0.5, 0.6) is 0 Å². The van der Waals surface area contributed by atoms with E-state index in [0.717, 1.165) is 36.4 Å². The quantitative estimate of drug-likeness (QED) is 0.874. The highest BCUT2D eigenvalue weighted by atomic mass is 14.8. The number of hydrogen-bond acceptors (Lipinski definition) is 2. The first-order chi connectivity index (χ1) is 8.65. The Labute approximate surface area is 108 Å². The Hall–Kier alpha value is -1.41. The van der Waals surface area contributed by atoms with E-state index in [1.165, 1.54) is 11.8 Å². The van der Waals surface area contributed by atoms with E-state index in [2.05, 4.69) is 31.2 Å². The van der Waals surface area contributed by atoms with E-state index in [1.807, 2.05) is 12.1 Å². The van der Waals surface area contributed by atoms with E-state index in [-0.39, 0.29) is 5.54 Å². The lowest BCUT2D eigenvalue weighted by Gasteiger charge is -2.23. The van der Waals surface area contributed by atoms with Crippen molar-refractivity contribution in [3.8, 4) is 0 Å². The van der Waals surface area contributed by atoms with Gasteiger partial charge >= 0.3 is 0 Å². The molecule has 2 nitrogen and oxygen atoms in total. The van der Waals surface area contributed by atoms with Gasteiger partial charge in [0, 0.05) is 23.0 Å². The zero-order chi connectivity index (χ0) is 12.6. The van der Waals surface area contributed by atoms with Gasteiger partial charge in [0.05, 0.1) is 5.52 Å². The second-order valence-electron chi connectivity index (χ2n) is 5.88. The monoisotopic (exact) mass is 240 g/mol. The molecule has 0 saturated heterocycles. The Kier molecular flexibility index (Phi) is 2.83. The summed E-state index contributed by atoms with van der Waals surface area (Å²) in [6, 6.07) is 12.5. The summed E-state index contributed by atoms with van der Waals surface area (Å²) >= 11 is 0. The maximum absolute atomic E-state index is 6.49. The normalized spacial score (nSPS) is 27.8. The molecule has 18 heavy (non-hydrogen) atoms. The SMILES string of the molecule is CC1CCC(N)(Cc2ccc3ccccc3n2)C1. The molecule has 2 unspecified atom stereocenters. The maximum Gasteiger partial charge on any atom is 0.0705 e. The third-order valence-corrected chi connectivity index (χ3v) is 4.08. The fourth-order valence-corrected chi connectivity index (χ4v) is 3.16. The van der Waals surface area contributed by atoms with Crippen LogP contribution in [0.4, 0.5) is 0 Å². The van der Waals surface area contributed by atoms with Crippen LogP contribution in [0.25, 0.3) is 10.9 Å². The molecule has 2 atom stereocenters. The Morgan fingerprint density at radius 1 is 1.28 bits per heavy atom. The molecule has 0 amide bonds. The first-order valence-electron chi connectivity index (χ1n) is 6.78. The number of nitrogens with two attached hydrogens (primary N) is 1. The Balaban J connectivity index is 1.86. The van der Waals surface area contributed by atoms with Crippen LogP contribution in [0.15, 0.2) is 36.4 Å². The van der Waals surface area contributed by atoms with Gasteiger partial charge in [0.2, 0.25) is 0 Å². The minimum absolute atomic E-state index is 0.0329. The lowest BCUT2D eigenvalue weighted by atomic mass is 9.91. The molecule has 1 aliphatic carbocycles. The average molecular weight is 240 g/mol. The third-order valence-electron chi connectivity index (χ3n) is 4.08. The first-order valence-corrected chi connectivity index (χ1v) is 6.78.